The number of nitrogens with zero attached hydrogens (tertiary/aromatic N) is 2. The van der Waals surface area contributed by atoms with Gasteiger partial charge in [0.25, 0.3) is 0 Å². The molecule has 0 aliphatic carbocycles. The van der Waals surface area contributed by atoms with E-state index in [1.54, 1.807) is 47.4 Å². The molecule has 1 heterocycles. The molecule has 0 saturated carbocycles. The van der Waals surface area contributed by atoms with Crippen LogP contribution in [0.25, 0.3) is 5.69 Å². The fraction of sp³-hybridized carbons (Fsp3) is 0.118. The van der Waals surface area contributed by atoms with Gasteiger partial charge in [0, 0.05) is 18.9 Å². The van der Waals surface area contributed by atoms with Crippen LogP contribution in [0.5, 0.6) is 0 Å². The Morgan fingerprint density at radius 2 is 1.96 bits per heavy atom. The van der Waals surface area contributed by atoms with Crippen molar-refractivity contribution in [3.63, 3.8) is 0 Å². The van der Waals surface area contributed by atoms with Gasteiger partial charge in [0.1, 0.15) is 5.82 Å². The average Bonchev–Trinajstić information content (AvgIpc) is 3.17. The van der Waals surface area contributed by atoms with Gasteiger partial charge in [0.2, 0.25) is 10.0 Å². The third-order valence-electron chi connectivity index (χ3n) is 3.71. The van der Waals surface area contributed by atoms with Gasteiger partial charge in [-0.1, -0.05) is 23.7 Å². The molecule has 1 aromatic heterocycles. The minimum atomic E-state index is -3.92. The number of aliphatic hydroxyl groups excluding tert-OH is 1. The van der Waals surface area contributed by atoms with Crippen LogP contribution in [-0.2, 0) is 10.0 Å². The molecule has 0 spiro atoms. The molecular weight excluding hydrogens is 381 g/mol. The van der Waals surface area contributed by atoms with Crippen molar-refractivity contribution in [2.24, 2.45) is 0 Å². The third kappa shape index (κ3) is 4.10. The molecule has 9 heteroatoms. The molecule has 2 N–H and O–H groups in total. The standard InChI is InChI=1S/C17H15ClFN3O3S/c18-15-10-14(6-7-16(15)19)26(24,25)21-11-17(23)12-2-4-13(5-3-12)22-9-1-8-20-22/h1-10,17,21,23H,11H2. The molecule has 0 fully saturated rings. The molecule has 0 aliphatic heterocycles. The van der Waals surface area contributed by atoms with E-state index in [0.29, 0.717) is 5.56 Å². The predicted molar refractivity (Wildman–Crippen MR) is 95.1 cm³/mol. The molecule has 136 valence electrons. The van der Waals surface area contributed by atoms with E-state index in [2.05, 4.69) is 9.82 Å². The van der Waals surface area contributed by atoms with Gasteiger partial charge >= 0.3 is 0 Å². The summed E-state index contributed by atoms with van der Waals surface area (Å²) in [5, 5.41) is 14.0. The van der Waals surface area contributed by atoms with Crippen LogP contribution in [-0.4, -0.2) is 29.8 Å². The van der Waals surface area contributed by atoms with Crippen LogP contribution in [0.1, 0.15) is 11.7 Å². The summed E-state index contributed by atoms with van der Waals surface area (Å²) < 4.78 is 41.6. The van der Waals surface area contributed by atoms with Crippen molar-refractivity contribution in [3.8, 4) is 5.69 Å². The van der Waals surface area contributed by atoms with E-state index in [1.807, 2.05) is 0 Å². The van der Waals surface area contributed by atoms with Crippen LogP contribution in [0.4, 0.5) is 4.39 Å². The monoisotopic (exact) mass is 395 g/mol. The number of hydrogen-bond acceptors (Lipinski definition) is 4. The fourth-order valence-electron chi connectivity index (χ4n) is 2.30. The Morgan fingerprint density at radius 1 is 1.23 bits per heavy atom. The first-order valence-corrected chi connectivity index (χ1v) is 9.46. The smallest absolute Gasteiger partial charge is 0.240 e. The van der Waals surface area contributed by atoms with Gasteiger partial charge in [-0.3, -0.25) is 0 Å². The van der Waals surface area contributed by atoms with Crippen LogP contribution in [0, 0.1) is 5.82 Å². The summed E-state index contributed by atoms with van der Waals surface area (Å²) >= 11 is 5.61. The lowest BCUT2D eigenvalue weighted by atomic mass is 10.1. The van der Waals surface area contributed by atoms with Gasteiger partial charge < -0.3 is 5.11 Å². The van der Waals surface area contributed by atoms with E-state index in [0.717, 1.165) is 23.9 Å². The first kappa shape index (κ1) is 18.5. The fourth-order valence-corrected chi connectivity index (χ4v) is 3.61. The van der Waals surface area contributed by atoms with Gasteiger partial charge in [-0.05, 0) is 42.0 Å². The normalized spacial score (nSPS) is 12.9. The van der Waals surface area contributed by atoms with E-state index in [9.17, 15) is 17.9 Å². The lowest BCUT2D eigenvalue weighted by Gasteiger charge is -2.13. The average molecular weight is 396 g/mol. The maximum Gasteiger partial charge on any atom is 0.240 e. The van der Waals surface area contributed by atoms with Crippen LogP contribution >= 0.6 is 11.6 Å². The molecule has 6 nitrogen and oxygen atoms in total. The zero-order valence-corrected chi connectivity index (χ0v) is 15.0. The topological polar surface area (TPSA) is 84.2 Å². The van der Waals surface area contributed by atoms with Gasteiger partial charge in [-0.25, -0.2) is 22.2 Å². The summed E-state index contributed by atoms with van der Waals surface area (Å²) in [5.41, 5.74) is 1.35. The molecule has 0 bridgehead atoms. The Morgan fingerprint density at radius 3 is 2.58 bits per heavy atom. The molecule has 0 aliphatic rings. The Labute approximate surface area is 154 Å². The number of aliphatic hydroxyl groups is 1. The lowest BCUT2D eigenvalue weighted by Crippen LogP contribution is -2.28. The lowest BCUT2D eigenvalue weighted by molar-refractivity contribution is 0.182. The van der Waals surface area contributed by atoms with Crippen molar-refractivity contribution >= 4 is 21.6 Å². The summed E-state index contributed by atoms with van der Waals surface area (Å²) in [6, 6.07) is 11.8. The number of hydrogen-bond donors (Lipinski definition) is 2. The molecule has 2 aromatic carbocycles. The molecule has 3 rings (SSSR count). The number of aromatic nitrogens is 2. The third-order valence-corrected chi connectivity index (χ3v) is 5.43. The number of sulfonamides is 1. The molecule has 1 atom stereocenters. The van der Waals surface area contributed by atoms with Crippen molar-refractivity contribution in [2.75, 3.05) is 6.54 Å². The van der Waals surface area contributed by atoms with E-state index in [4.69, 9.17) is 11.6 Å². The largest absolute Gasteiger partial charge is 0.387 e. The minimum absolute atomic E-state index is 0.176. The maximum absolute atomic E-state index is 13.2. The van der Waals surface area contributed by atoms with Crippen LogP contribution < -0.4 is 4.72 Å². The van der Waals surface area contributed by atoms with Crippen LogP contribution in [0.3, 0.4) is 0 Å². The highest BCUT2D eigenvalue weighted by molar-refractivity contribution is 7.89. The predicted octanol–water partition coefficient (Wildman–Crippen LogP) is 2.68. The molecule has 0 saturated heterocycles. The second-order valence-electron chi connectivity index (χ2n) is 5.49. The number of halogens is 2. The van der Waals surface area contributed by atoms with Gasteiger partial charge in [0.15, 0.2) is 0 Å². The summed E-state index contributed by atoms with van der Waals surface area (Å²) in [6.07, 6.45) is 2.39. The van der Waals surface area contributed by atoms with Crippen LogP contribution in [0.2, 0.25) is 5.02 Å². The number of rotatable bonds is 6. The van der Waals surface area contributed by atoms with Gasteiger partial charge in [0.05, 0.1) is 21.7 Å². The highest BCUT2D eigenvalue weighted by Crippen LogP contribution is 2.20. The maximum atomic E-state index is 13.2. The zero-order valence-electron chi connectivity index (χ0n) is 13.4. The molecule has 0 radical (unpaired) electrons. The SMILES string of the molecule is O=S(=O)(NCC(O)c1ccc(-n2cccn2)cc1)c1ccc(F)c(Cl)c1. The second-order valence-corrected chi connectivity index (χ2v) is 7.66. The van der Waals surface area contributed by atoms with Gasteiger partial charge in [-0.15, -0.1) is 0 Å². The Balaban J connectivity index is 1.67. The molecule has 0 amide bonds. The minimum Gasteiger partial charge on any atom is -0.387 e. The van der Waals surface area contributed by atoms with Crippen molar-refractivity contribution in [1.29, 1.82) is 0 Å². The molecule has 26 heavy (non-hydrogen) atoms. The van der Waals surface area contributed by atoms with E-state index >= 15 is 0 Å². The van der Waals surface area contributed by atoms with Crippen molar-refractivity contribution < 1.29 is 17.9 Å². The summed E-state index contributed by atoms with van der Waals surface area (Å²) in [5.74, 6) is -0.706. The first-order valence-electron chi connectivity index (χ1n) is 7.59. The van der Waals surface area contributed by atoms with Crippen molar-refractivity contribution in [3.05, 3.63) is 77.3 Å². The Kier molecular flexibility index (Phi) is 5.38. The van der Waals surface area contributed by atoms with Crippen molar-refractivity contribution in [2.45, 2.75) is 11.0 Å². The number of benzene rings is 2. The van der Waals surface area contributed by atoms with E-state index in [1.165, 1.54) is 0 Å². The summed E-state index contributed by atoms with van der Waals surface area (Å²) in [4.78, 5) is -0.176. The molecule has 3 aromatic rings. The van der Waals surface area contributed by atoms with Crippen LogP contribution in [0.15, 0.2) is 65.8 Å². The molecule has 1 unspecified atom stereocenters. The summed E-state index contributed by atoms with van der Waals surface area (Å²) in [6.45, 7) is -0.238. The Hall–Kier alpha value is -2.26. The second kappa shape index (κ2) is 7.55. The highest BCUT2D eigenvalue weighted by atomic mass is 35.5. The van der Waals surface area contributed by atoms with Crippen molar-refractivity contribution in [1.82, 2.24) is 14.5 Å². The summed E-state index contributed by atoms with van der Waals surface area (Å²) in [7, 11) is -3.92. The zero-order chi connectivity index (χ0) is 18.7. The van der Waals surface area contributed by atoms with E-state index in [-0.39, 0.29) is 16.5 Å². The number of nitrogens with one attached hydrogen (secondary N) is 1. The van der Waals surface area contributed by atoms with E-state index < -0.39 is 21.9 Å². The molecular formula is C17H15ClFN3O3S. The quantitative estimate of drug-likeness (QED) is 0.672. The first-order chi connectivity index (χ1) is 12.4. The highest BCUT2D eigenvalue weighted by Gasteiger charge is 2.18. The Bertz CT molecular complexity index is 993. The van der Waals surface area contributed by atoms with Gasteiger partial charge in [-0.2, -0.15) is 5.10 Å².